The maximum Gasteiger partial charge on any atom is 0.276 e. The van der Waals surface area contributed by atoms with Crippen LogP contribution in [0.1, 0.15) is 11.8 Å². The largest absolute Gasteiger partial charge is 0.411 e. The summed E-state index contributed by atoms with van der Waals surface area (Å²) >= 11 is 1.54. The summed E-state index contributed by atoms with van der Waals surface area (Å²) in [6.07, 6.45) is 0.204. The van der Waals surface area contributed by atoms with Crippen molar-refractivity contribution in [3.63, 3.8) is 0 Å². The lowest BCUT2D eigenvalue weighted by atomic mass is 10.2. The van der Waals surface area contributed by atoms with Gasteiger partial charge in [-0.1, -0.05) is 30.0 Å². The quantitative estimate of drug-likeness (QED) is 0.660. The fourth-order valence-electron chi connectivity index (χ4n) is 3.01. The number of aromatic nitrogens is 2. The number of quaternary nitrogens is 1. The van der Waals surface area contributed by atoms with Crippen molar-refractivity contribution in [3.8, 4) is 11.5 Å². The number of benzene rings is 2. The van der Waals surface area contributed by atoms with Crippen LogP contribution in [0.5, 0.6) is 0 Å². The van der Waals surface area contributed by atoms with Gasteiger partial charge in [-0.15, -0.1) is 10.2 Å². The molecule has 4 rings (SSSR count). The van der Waals surface area contributed by atoms with Gasteiger partial charge in [0.2, 0.25) is 12.1 Å². The van der Waals surface area contributed by atoms with E-state index in [1.807, 2.05) is 44.4 Å². The van der Waals surface area contributed by atoms with Crippen LogP contribution in [0.4, 0.5) is 5.69 Å². The third kappa shape index (κ3) is 4.32. The number of nitrogens with two attached hydrogens (primary N) is 1. The fraction of sp³-hybridized carbons (Fsp3) is 0.300. The molecule has 0 aliphatic carbocycles. The molecule has 1 aliphatic rings. The van der Waals surface area contributed by atoms with E-state index in [1.165, 1.54) is 11.3 Å². The third-order valence-electron chi connectivity index (χ3n) is 4.51. The highest BCUT2D eigenvalue weighted by Gasteiger charge is 2.30. The van der Waals surface area contributed by atoms with Crippen molar-refractivity contribution in [3.05, 3.63) is 60.2 Å². The van der Waals surface area contributed by atoms with Gasteiger partial charge in [0.25, 0.3) is 5.22 Å². The lowest BCUT2D eigenvalue weighted by molar-refractivity contribution is -0.697. The maximum atomic E-state index is 6.18. The summed E-state index contributed by atoms with van der Waals surface area (Å²) in [6.45, 7) is 0.923. The van der Waals surface area contributed by atoms with Crippen molar-refractivity contribution in [2.24, 2.45) is 0 Å². The smallest absolute Gasteiger partial charge is 0.276 e. The molecule has 1 saturated heterocycles. The predicted molar refractivity (Wildman–Crippen MR) is 106 cm³/mol. The molecule has 2 aromatic carbocycles. The Bertz CT molecular complexity index is 867. The predicted octanol–water partition coefficient (Wildman–Crippen LogP) is 2.56. The van der Waals surface area contributed by atoms with E-state index in [4.69, 9.17) is 9.15 Å². The summed E-state index contributed by atoms with van der Waals surface area (Å²) in [6, 6.07) is 18.3. The van der Waals surface area contributed by atoms with E-state index in [9.17, 15) is 0 Å². The molecule has 1 fully saturated rings. The van der Waals surface area contributed by atoms with Gasteiger partial charge >= 0.3 is 0 Å². The first-order valence-electron chi connectivity index (χ1n) is 8.97. The number of hydrogen-bond acceptors (Lipinski definition) is 6. The van der Waals surface area contributed by atoms with E-state index in [0.717, 1.165) is 17.9 Å². The molecule has 2 heterocycles. The topological polar surface area (TPSA) is 68.0 Å². The van der Waals surface area contributed by atoms with Gasteiger partial charge in [-0.25, -0.2) is 0 Å². The van der Waals surface area contributed by atoms with Crippen LogP contribution in [0.3, 0.4) is 0 Å². The van der Waals surface area contributed by atoms with Crippen molar-refractivity contribution in [2.45, 2.75) is 17.6 Å². The highest BCUT2D eigenvalue weighted by molar-refractivity contribution is 7.99. The number of nitrogens with zero attached hydrogens (tertiary/aromatic N) is 3. The third-order valence-corrected chi connectivity index (χ3v) is 5.46. The molecule has 27 heavy (non-hydrogen) atoms. The van der Waals surface area contributed by atoms with Crippen LogP contribution < -0.4 is 10.2 Å². The summed E-state index contributed by atoms with van der Waals surface area (Å²) in [5.41, 5.74) is 3.32. The molecule has 0 unspecified atom stereocenters. The molecular formula is C20H23N4O2S+. The Hall–Kier alpha value is -2.35. The van der Waals surface area contributed by atoms with E-state index in [1.54, 1.807) is 11.8 Å². The number of thioether (sulfide) groups is 1. The van der Waals surface area contributed by atoms with Crippen molar-refractivity contribution in [1.82, 2.24) is 10.2 Å². The van der Waals surface area contributed by atoms with Gasteiger partial charge in [0.15, 0.2) is 0 Å². The maximum absolute atomic E-state index is 6.18. The van der Waals surface area contributed by atoms with Crippen LogP contribution in [0.2, 0.25) is 0 Å². The normalized spacial score (nSPS) is 19.3. The van der Waals surface area contributed by atoms with Crippen molar-refractivity contribution >= 4 is 17.4 Å². The highest BCUT2D eigenvalue weighted by Crippen LogP contribution is 2.26. The Balaban J connectivity index is 1.31. The molecule has 1 aromatic heterocycles. The van der Waals surface area contributed by atoms with Crippen LogP contribution in [-0.4, -0.2) is 42.7 Å². The first kappa shape index (κ1) is 18.0. The Labute approximate surface area is 162 Å². The van der Waals surface area contributed by atoms with E-state index in [-0.39, 0.29) is 12.3 Å². The van der Waals surface area contributed by atoms with Crippen LogP contribution in [0, 0.1) is 0 Å². The molecule has 0 radical (unpaired) electrons. The Morgan fingerprint density at radius 3 is 2.59 bits per heavy atom. The molecular weight excluding hydrogens is 360 g/mol. The van der Waals surface area contributed by atoms with Gasteiger partial charge in [-0.05, 0) is 36.4 Å². The van der Waals surface area contributed by atoms with Gasteiger partial charge in [0.05, 0.1) is 0 Å². The zero-order valence-electron chi connectivity index (χ0n) is 15.4. The molecule has 1 aliphatic heterocycles. The Kier molecular flexibility index (Phi) is 5.42. The number of ether oxygens (including phenoxy) is 1. The van der Waals surface area contributed by atoms with E-state index in [2.05, 4.69) is 44.7 Å². The number of anilines is 1. The van der Waals surface area contributed by atoms with Crippen LogP contribution in [0.15, 0.2) is 64.2 Å². The molecule has 7 heteroatoms. The minimum atomic E-state index is 0.0503. The van der Waals surface area contributed by atoms with Crippen LogP contribution >= 0.6 is 11.8 Å². The first-order chi connectivity index (χ1) is 13.2. The van der Waals surface area contributed by atoms with Gasteiger partial charge in [-0.3, -0.25) is 0 Å². The average molecular weight is 383 g/mol. The lowest BCUT2D eigenvalue weighted by Crippen LogP contribution is -2.82. The monoisotopic (exact) mass is 383 g/mol. The van der Waals surface area contributed by atoms with Crippen molar-refractivity contribution < 1.29 is 14.5 Å². The van der Waals surface area contributed by atoms with Gasteiger partial charge in [0, 0.05) is 36.7 Å². The molecule has 2 atom stereocenters. The van der Waals surface area contributed by atoms with E-state index < -0.39 is 0 Å². The Morgan fingerprint density at radius 2 is 1.85 bits per heavy atom. The second-order valence-corrected chi connectivity index (χ2v) is 7.66. The Morgan fingerprint density at radius 1 is 1.07 bits per heavy atom. The summed E-state index contributed by atoms with van der Waals surface area (Å²) in [5.74, 6) is 1.34. The molecule has 0 bridgehead atoms. The summed E-state index contributed by atoms with van der Waals surface area (Å²) in [7, 11) is 4.09. The molecule has 0 saturated carbocycles. The fourth-order valence-corrected chi connectivity index (χ4v) is 3.79. The van der Waals surface area contributed by atoms with Crippen molar-refractivity contribution in [2.75, 3.05) is 31.3 Å². The van der Waals surface area contributed by atoms with Gasteiger partial charge in [0.1, 0.15) is 12.6 Å². The lowest BCUT2D eigenvalue weighted by Gasteiger charge is -2.14. The second-order valence-electron chi connectivity index (χ2n) is 6.69. The standard InChI is InChI=1S/C20H22N4O2S/c1-24(2)16-10-8-15(9-11-16)18-21-12-17(25-18)13-27-20-23-22-19(26-20)14-6-4-3-5-7-14/h3-11,17-18,21H,12-13H2,1-2H3/p+1/t17-,18-/m0/s1. The second kappa shape index (κ2) is 8.12. The van der Waals surface area contributed by atoms with E-state index in [0.29, 0.717) is 11.1 Å². The number of rotatable bonds is 6. The van der Waals surface area contributed by atoms with Gasteiger partial charge < -0.3 is 19.4 Å². The summed E-state index contributed by atoms with van der Waals surface area (Å²) in [5, 5.41) is 11.1. The molecule has 0 amide bonds. The zero-order chi connectivity index (χ0) is 18.6. The molecule has 140 valence electrons. The molecule has 0 spiro atoms. The minimum absolute atomic E-state index is 0.0503. The average Bonchev–Trinajstić information content (AvgIpc) is 3.37. The molecule has 3 aromatic rings. The van der Waals surface area contributed by atoms with E-state index >= 15 is 0 Å². The summed E-state index contributed by atoms with van der Waals surface area (Å²) in [4.78, 5) is 2.09. The highest BCUT2D eigenvalue weighted by atomic mass is 32.2. The zero-order valence-corrected chi connectivity index (χ0v) is 16.2. The molecule has 2 N–H and O–H groups in total. The SMILES string of the molecule is CN(C)c1ccc([C@H]2[NH2+]C[C@@H](CSc3nnc(-c4ccccc4)o3)O2)cc1. The number of hydrogen-bond donors (Lipinski definition) is 1. The molecule has 6 nitrogen and oxygen atoms in total. The van der Waals surface area contributed by atoms with Crippen LogP contribution in [-0.2, 0) is 4.74 Å². The van der Waals surface area contributed by atoms with Crippen LogP contribution in [0.25, 0.3) is 11.5 Å². The van der Waals surface area contributed by atoms with Crippen molar-refractivity contribution in [1.29, 1.82) is 0 Å². The minimum Gasteiger partial charge on any atom is -0.411 e. The summed E-state index contributed by atoms with van der Waals surface area (Å²) < 4.78 is 11.9. The van der Waals surface area contributed by atoms with Gasteiger partial charge in [-0.2, -0.15) is 0 Å². The first-order valence-corrected chi connectivity index (χ1v) is 9.95.